The zero-order valence-electron chi connectivity index (χ0n) is 13.7. The van der Waals surface area contributed by atoms with Crippen molar-refractivity contribution >= 4 is 17.5 Å². The third-order valence-corrected chi connectivity index (χ3v) is 4.57. The molecule has 2 N–H and O–H groups in total. The monoisotopic (exact) mass is 348 g/mol. The summed E-state index contributed by atoms with van der Waals surface area (Å²) in [4.78, 5) is 35.7. The number of carbonyl (C=O) groups is 2. The van der Waals surface area contributed by atoms with Crippen LogP contribution in [0.25, 0.3) is 5.65 Å². The Morgan fingerprint density at radius 1 is 1.32 bits per heavy atom. The van der Waals surface area contributed by atoms with Crippen molar-refractivity contribution in [3.8, 4) is 0 Å². The first kappa shape index (κ1) is 17.2. The number of fused-ring (bicyclic) bond motifs is 1. The third-order valence-electron chi connectivity index (χ3n) is 4.57. The van der Waals surface area contributed by atoms with Crippen LogP contribution in [0.4, 0.5) is 0 Å². The minimum Gasteiger partial charge on any atom is -0.481 e. The van der Waals surface area contributed by atoms with Crippen molar-refractivity contribution in [2.75, 3.05) is 19.8 Å². The lowest BCUT2D eigenvalue weighted by Crippen LogP contribution is -2.46. The molecule has 3 heterocycles. The number of hydrogen-bond acceptors (Lipinski definition) is 5. The molecule has 0 aromatic carbocycles. The van der Waals surface area contributed by atoms with E-state index in [0.717, 1.165) is 0 Å². The second-order valence-corrected chi connectivity index (χ2v) is 6.16. The number of pyridine rings is 1. The van der Waals surface area contributed by atoms with E-state index >= 15 is 0 Å². The SMILES string of the molecule is O=C(CCn1nc2ccccn2c1=O)NCC1(C(=O)O)CCOCC1. The Bertz CT molecular complexity index is 834. The van der Waals surface area contributed by atoms with E-state index in [2.05, 4.69) is 10.4 Å². The van der Waals surface area contributed by atoms with Crippen molar-refractivity contribution in [1.29, 1.82) is 0 Å². The first-order chi connectivity index (χ1) is 12.0. The van der Waals surface area contributed by atoms with E-state index < -0.39 is 11.4 Å². The number of carbonyl (C=O) groups excluding carboxylic acids is 1. The van der Waals surface area contributed by atoms with Crippen LogP contribution in [-0.4, -0.2) is 50.9 Å². The lowest BCUT2D eigenvalue weighted by molar-refractivity contribution is -0.154. The molecule has 1 fully saturated rings. The molecule has 1 aliphatic rings. The van der Waals surface area contributed by atoms with E-state index in [0.29, 0.717) is 31.7 Å². The average Bonchev–Trinajstić information content (AvgIpc) is 2.95. The molecule has 2 aromatic rings. The molecule has 1 saturated heterocycles. The second-order valence-electron chi connectivity index (χ2n) is 6.16. The van der Waals surface area contributed by atoms with Gasteiger partial charge in [-0.2, -0.15) is 0 Å². The third kappa shape index (κ3) is 3.55. The number of aryl methyl sites for hydroxylation is 1. The van der Waals surface area contributed by atoms with E-state index in [9.17, 15) is 19.5 Å². The Kier molecular flexibility index (Phi) is 4.84. The van der Waals surface area contributed by atoms with Gasteiger partial charge in [0.15, 0.2) is 5.65 Å². The van der Waals surface area contributed by atoms with Gasteiger partial charge in [-0.15, -0.1) is 5.10 Å². The van der Waals surface area contributed by atoms with Crippen molar-refractivity contribution < 1.29 is 19.4 Å². The van der Waals surface area contributed by atoms with Gasteiger partial charge in [-0.1, -0.05) is 6.07 Å². The molecule has 1 amide bonds. The summed E-state index contributed by atoms with van der Waals surface area (Å²) in [6, 6.07) is 5.21. The van der Waals surface area contributed by atoms with Crippen molar-refractivity contribution in [3.05, 3.63) is 34.9 Å². The van der Waals surface area contributed by atoms with E-state index in [1.807, 2.05) is 0 Å². The van der Waals surface area contributed by atoms with Gasteiger partial charge in [0.25, 0.3) is 0 Å². The Morgan fingerprint density at radius 3 is 2.76 bits per heavy atom. The maximum Gasteiger partial charge on any atom is 0.350 e. The van der Waals surface area contributed by atoms with Crippen molar-refractivity contribution in [3.63, 3.8) is 0 Å². The molecule has 0 spiro atoms. The predicted molar refractivity (Wildman–Crippen MR) is 87.2 cm³/mol. The lowest BCUT2D eigenvalue weighted by Gasteiger charge is -2.33. The van der Waals surface area contributed by atoms with Crippen LogP contribution in [0.2, 0.25) is 0 Å². The number of ether oxygens (including phenoxy) is 1. The molecule has 25 heavy (non-hydrogen) atoms. The highest BCUT2D eigenvalue weighted by atomic mass is 16.5. The van der Waals surface area contributed by atoms with Crippen molar-refractivity contribution in [2.45, 2.75) is 25.8 Å². The molecule has 0 bridgehead atoms. The van der Waals surface area contributed by atoms with Gasteiger partial charge in [-0.3, -0.25) is 14.0 Å². The zero-order valence-corrected chi connectivity index (χ0v) is 13.7. The molecule has 1 aliphatic heterocycles. The van der Waals surface area contributed by atoms with Crippen LogP contribution in [0, 0.1) is 5.41 Å². The first-order valence-electron chi connectivity index (χ1n) is 8.14. The number of carboxylic acids is 1. The second kappa shape index (κ2) is 7.06. The highest BCUT2D eigenvalue weighted by molar-refractivity contribution is 5.79. The van der Waals surface area contributed by atoms with Crippen LogP contribution in [0.15, 0.2) is 29.2 Å². The van der Waals surface area contributed by atoms with Gasteiger partial charge in [0.05, 0.1) is 12.0 Å². The van der Waals surface area contributed by atoms with Gasteiger partial charge < -0.3 is 15.2 Å². The van der Waals surface area contributed by atoms with E-state index in [1.165, 1.54) is 9.08 Å². The molecule has 0 saturated carbocycles. The Hall–Kier alpha value is -2.68. The lowest BCUT2D eigenvalue weighted by atomic mass is 9.80. The molecular weight excluding hydrogens is 328 g/mol. The van der Waals surface area contributed by atoms with Crippen LogP contribution < -0.4 is 11.0 Å². The van der Waals surface area contributed by atoms with Crippen LogP contribution in [-0.2, 0) is 20.9 Å². The van der Waals surface area contributed by atoms with Crippen LogP contribution in [0.5, 0.6) is 0 Å². The molecule has 3 rings (SSSR count). The maximum absolute atomic E-state index is 12.1. The average molecular weight is 348 g/mol. The van der Waals surface area contributed by atoms with Gasteiger partial charge in [0.1, 0.15) is 0 Å². The van der Waals surface area contributed by atoms with Gasteiger partial charge in [0, 0.05) is 32.4 Å². The van der Waals surface area contributed by atoms with Gasteiger partial charge >= 0.3 is 11.7 Å². The summed E-state index contributed by atoms with van der Waals surface area (Å²) in [5.41, 5.74) is -0.775. The minimum atomic E-state index is -0.978. The smallest absolute Gasteiger partial charge is 0.350 e. The number of aromatic nitrogens is 3. The molecule has 2 aromatic heterocycles. The van der Waals surface area contributed by atoms with Crippen LogP contribution in [0.1, 0.15) is 19.3 Å². The Morgan fingerprint density at radius 2 is 2.08 bits per heavy atom. The number of carboxylic acid groups (broad SMARTS) is 1. The topological polar surface area (TPSA) is 115 Å². The van der Waals surface area contributed by atoms with Gasteiger partial charge in [-0.05, 0) is 25.0 Å². The fraction of sp³-hybridized carbons (Fsp3) is 0.500. The number of amides is 1. The number of hydrogen-bond donors (Lipinski definition) is 2. The summed E-state index contributed by atoms with van der Waals surface area (Å²) < 4.78 is 7.84. The quantitative estimate of drug-likeness (QED) is 0.752. The van der Waals surface area contributed by atoms with E-state index in [-0.39, 0.29) is 31.1 Å². The van der Waals surface area contributed by atoms with Crippen molar-refractivity contribution in [2.24, 2.45) is 5.41 Å². The highest BCUT2D eigenvalue weighted by Crippen LogP contribution is 2.30. The summed E-state index contributed by atoms with van der Waals surface area (Å²) in [5, 5.41) is 16.3. The zero-order chi connectivity index (χ0) is 17.9. The number of rotatable bonds is 6. The van der Waals surface area contributed by atoms with Crippen LogP contribution in [0.3, 0.4) is 0 Å². The molecule has 0 aliphatic carbocycles. The molecule has 9 heteroatoms. The van der Waals surface area contributed by atoms with Crippen molar-refractivity contribution in [1.82, 2.24) is 19.5 Å². The summed E-state index contributed by atoms with van der Waals surface area (Å²) in [7, 11) is 0. The molecular formula is C16H20N4O5. The molecule has 0 atom stereocenters. The summed E-state index contributed by atoms with van der Waals surface area (Å²) in [6.07, 6.45) is 2.40. The fourth-order valence-corrected chi connectivity index (χ4v) is 2.91. The fourth-order valence-electron chi connectivity index (χ4n) is 2.91. The summed E-state index contributed by atoms with van der Waals surface area (Å²) >= 11 is 0. The Labute approximate surface area is 143 Å². The van der Waals surface area contributed by atoms with Gasteiger partial charge in [0.2, 0.25) is 5.91 Å². The summed E-state index contributed by atoms with van der Waals surface area (Å²) in [5.74, 6) is -1.23. The minimum absolute atomic E-state index is 0.0516. The molecule has 0 radical (unpaired) electrons. The molecule has 9 nitrogen and oxygen atoms in total. The normalized spacial score (nSPS) is 16.6. The number of nitrogens with one attached hydrogen (secondary N) is 1. The van der Waals surface area contributed by atoms with E-state index in [1.54, 1.807) is 24.4 Å². The molecule has 0 unspecified atom stereocenters. The van der Waals surface area contributed by atoms with Gasteiger partial charge in [-0.25, -0.2) is 9.48 Å². The largest absolute Gasteiger partial charge is 0.481 e. The van der Waals surface area contributed by atoms with Crippen LogP contribution >= 0.6 is 0 Å². The summed E-state index contributed by atoms with van der Waals surface area (Å²) in [6.45, 7) is 0.942. The first-order valence-corrected chi connectivity index (χ1v) is 8.14. The van der Waals surface area contributed by atoms with E-state index in [4.69, 9.17) is 4.74 Å². The standard InChI is InChI=1S/C16H20N4O5/c21-13(17-11-16(14(22)23)5-9-25-10-6-16)4-8-20-15(24)19-7-2-1-3-12(19)18-20/h1-3,7H,4-6,8-11H2,(H,17,21)(H,22,23). The predicted octanol–water partition coefficient (Wildman–Crippen LogP) is -0.116. The number of aliphatic carboxylic acids is 1. The highest BCUT2D eigenvalue weighted by Gasteiger charge is 2.40. The number of nitrogens with zero attached hydrogens (tertiary/aromatic N) is 3. The Balaban J connectivity index is 1.58. The maximum atomic E-state index is 12.1. The molecule has 134 valence electrons.